The summed E-state index contributed by atoms with van der Waals surface area (Å²) >= 11 is 0. The summed E-state index contributed by atoms with van der Waals surface area (Å²) in [7, 11) is -3.97. The lowest BCUT2D eigenvalue weighted by molar-refractivity contribution is 0.0587. The van der Waals surface area contributed by atoms with Crippen LogP contribution in [0, 0.1) is 6.92 Å². The van der Waals surface area contributed by atoms with Crippen LogP contribution in [0.2, 0.25) is 0 Å². The fourth-order valence-corrected chi connectivity index (χ4v) is 3.74. The molecular formula is C18H17NO5S. The Morgan fingerprint density at radius 2 is 1.48 bits per heavy atom. The van der Waals surface area contributed by atoms with Crippen molar-refractivity contribution >= 4 is 21.9 Å². The van der Waals surface area contributed by atoms with Crippen molar-refractivity contribution in [3.05, 3.63) is 65.2 Å². The highest BCUT2D eigenvalue weighted by Gasteiger charge is 2.36. The van der Waals surface area contributed by atoms with Gasteiger partial charge in [0.15, 0.2) is 0 Å². The quantitative estimate of drug-likeness (QED) is 0.605. The van der Waals surface area contributed by atoms with Gasteiger partial charge in [0.25, 0.3) is 21.9 Å². The number of benzene rings is 2. The summed E-state index contributed by atoms with van der Waals surface area (Å²) in [5.41, 5.74) is 1.57. The van der Waals surface area contributed by atoms with Crippen molar-refractivity contribution < 1.29 is 22.2 Å². The third-order valence-electron chi connectivity index (χ3n) is 3.92. The minimum Gasteiger partial charge on any atom is -0.272 e. The number of carbonyl (C=O) groups is 2. The highest BCUT2D eigenvalue weighted by Crippen LogP contribution is 2.23. The highest BCUT2D eigenvalue weighted by molar-refractivity contribution is 7.86. The highest BCUT2D eigenvalue weighted by atomic mass is 32.2. The van der Waals surface area contributed by atoms with Crippen LogP contribution in [-0.2, 0) is 14.3 Å². The van der Waals surface area contributed by atoms with Crippen molar-refractivity contribution in [2.75, 3.05) is 6.54 Å². The second-order valence-electron chi connectivity index (χ2n) is 5.94. The van der Waals surface area contributed by atoms with Gasteiger partial charge >= 0.3 is 0 Å². The fourth-order valence-electron chi connectivity index (χ4n) is 2.67. The average Bonchev–Trinajstić information content (AvgIpc) is 2.80. The van der Waals surface area contributed by atoms with Crippen molar-refractivity contribution in [2.45, 2.75) is 24.8 Å². The molecule has 0 bridgehead atoms. The number of hydrogen-bond acceptors (Lipinski definition) is 5. The largest absolute Gasteiger partial charge is 0.297 e. The summed E-state index contributed by atoms with van der Waals surface area (Å²) in [6, 6.07) is 12.8. The molecule has 130 valence electrons. The van der Waals surface area contributed by atoms with Crippen molar-refractivity contribution in [3.8, 4) is 0 Å². The smallest absolute Gasteiger partial charge is 0.272 e. The van der Waals surface area contributed by atoms with E-state index >= 15 is 0 Å². The Bertz CT molecular complexity index is 899. The van der Waals surface area contributed by atoms with Crippen molar-refractivity contribution in [2.24, 2.45) is 0 Å². The van der Waals surface area contributed by atoms with Crippen molar-refractivity contribution in [1.82, 2.24) is 4.90 Å². The van der Waals surface area contributed by atoms with E-state index in [2.05, 4.69) is 0 Å². The minimum atomic E-state index is -3.97. The van der Waals surface area contributed by atoms with Gasteiger partial charge in [0, 0.05) is 0 Å². The summed E-state index contributed by atoms with van der Waals surface area (Å²) < 4.78 is 29.7. The molecule has 0 fully saturated rings. The molecule has 3 rings (SSSR count). The molecule has 25 heavy (non-hydrogen) atoms. The summed E-state index contributed by atoms with van der Waals surface area (Å²) in [5, 5.41) is 0. The van der Waals surface area contributed by atoms with E-state index in [0.717, 1.165) is 10.5 Å². The van der Waals surface area contributed by atoms with Crippen molar-refractivity contribution in [1.29, 1.82) is 0 Å². The van der Waals surface area contributed by atoms with Crippen LogP contribution in [0.4, 0.5) is 0 Å². The molecule has 1 aliphatic heterocycles. The first-order chi connectivity index (χ1) is 11.8. The molecule has 0 spiro atoms. The molecule has 0 saturated carbocycles. The van der Waals surface area contributed by atoms with Gasteiger partial charge in [-0.15, -0.1) is 0 Å². The van der Waals surface area contributed by atoms with Gasteiger partial charge in [0.2, 0.25) is 0 Å². The zero-order chi connectivity index (χ0) is 18.2. The first kappa shape index (κ1) is 17.3. The lowest BCUT2D eigenvalue weighted by Crippen LogP contribution is -2.37. The second kappa shape index (κ2) is 6.42. The first-order valence-electron chi connectivity index (χ1n) is 7.75. The van der Waals surface area contributed by atoms with Gasteiger partial charge in [-0.2, -0.15) is 8.42 Å². The Kier molecular flexibility index (Phi) is 4.45. The van der Waals surface area contributed by atoms with Gasteiger partial charge in [0.1, 0.15) is 0 Å². The van der Waals surface area contributed by atoms with Crippen LogP contribution in [0.25, 0.3) is 0 Å². The number of carbonyl (C=O) groups excluding carboxylic acids is 2. The summed E-state index contributed by atoms with van der Waals surface area (Å²) in [6.07, 6.45) is -0.867. The maximum Gasteiger partial charge on any atom is 0.297 e. The SMILES string of the molecule is Cc1ccc(S(=O)(=O)OC(C)CN2C(=O)c3ccccc3C2=O)cc1. The third kappa shape index (κ3) is 3.33. The average molecular weight is 359 g/mol. The minimum absolute atomic E-state index is 0.0345. The monoisotopic (exact) mass is 359 g/mol. The maximum atomic E-state index is 12.3. The topological polar surface area (TPSA) is 80.8 Å². The normalized spacial score (nSPS) is 15.4. The molecule has 0 aliphatic carbocycles. The zero-order valence-electron chi connectivity index (χ0n) is 13.8. The van der Waals surface area contributed by atoms with Gasteiger partial charge in [-0.05, 0) is 38.1 Å². The molecule has 6 nitrogen and oxygen atoms in total. The van der Waals surface area contributed by atoms with Gasteiger partial charge in [0.05, 0.1) is 28.7 Å². The second-order valence-corrected chi connectivity index (χ2v) is 7.51. The Morgan fingerprint density at radius 3 is 2.00 bits per heavy atom. The Hall–Kier alpha value is -2.51. The van der Waals surface area contributed by atoms with Crippen LogP contribution in [0.5, 0.6) is 0 Å². The number of amides is 2. The Morgan fingerprint density at radius 1 is 0.960 bits per heavy atom. The van der Waals surface area contributed by atoms with Crippen LogP contribution in [0.15, 0.2) is 53.4 Å². The molecule has 2 aromatic carbocycles. The lowest BCUT2D eigenvalue weighted by Gasteiger charge is -2.19. The molecule has 2 amide bonds. The lowest BCUT2D eigenvalue weighted by atomic mass is 10.1. The fraction of sp³-hybridized carbons (Fsp3) is 0.222. The van der Waals surface area contributed by atoms with Crippen LogP contribution < -0.4 is 0 Å². The molecule has 0 N–H and O–H groups in total. The molecular weight excluding hydrogens is 342 g/mol. The van der Waals surface area contributed by atoms with Gasteiger partial charge in [-0.3, -0.25) is 18.7 Å². The van der Waals surface area contributed by atoms with E-state index in [-0.39, 0.29) is 11.4 Å². The van der Waals surface area contributed by atoms with E-state index in [9.17, 15) is 18.0 Å². The summed E-state index contributed by atoms with van der Waals surface area (Å²) in [6.45, 7) is 3.22. The number of aryl methyl sites for hydroxylation is 1. The number of nitrogens with zero attached hydrogens (tertiary/aromatic N) is 1. The Labute approximate surface area is 146 Å². The van der Waals surface area contributed by atoms with Crippen LogP contribution in [0.1, 0.15) is 33.2 Å². The molecule has 0 aromatic heterocycles. The van der Waals surface area contributed by atoms with E-state index in [0.29, 0.717) is 11.1 Å². The van der Waals surface area contributed by atoms with Crippen LogP contribution in [0.3, 0.4) is 0 Å². The Balaban J connectivity index is 1.73. The number of hydrogen-bond donors (Lipinski definition) is 0. The van der Waals surface area contributed by atoms with E-state index in [1.165, 1.54) is 19.1 Å². The number of fused-ring (bicyclic) bond motifs is 1. The zero-order valence-corrected chi connectivity index (χ0v) is 14.6. The standard InChI is InChI=1S/C18H17NO5S/c1-12-7-9-14(10-8-12)25(22,23)24-13(2)11-19-17(20)15-5-3-4-6-16(15)18(19)21/h3-10,13H,11H2,1-2H3. The molecule has 0 radical (unpaired) electrons. The van der Waals surface area contributed by atoms with E-state index < -0.39 is 28.0 Å². The molecule has 7 heteroatoms. The third-order valence-corrected chi connectivity index (χ3v) is 5.35. The maximum absolute atomic E-state index is 12.3. The summed E-state index contributed by atoms with van der Waals surface area (Å²) in [4.78, 5) is 25.7. The predicted molar refractivity (Wildman–Crippen MR) is 90.7 cm³/mol. The van der Waals surface area contributed by atoms with Gasteiger partial charge in [-0.25, -0.2) is 0 Å². The number of rotatable bonds is 5. The molecule has 2 aromatic rings. The van der Waals surface area contributed by atoms with E-state index in [1.807, 2.05) is 6.92 Å². The summed E-state index contributed by atoms with van der Waals surface area (Å²) in [5.74, 6) is -0.882. The van der Waals surface area contributed by atoms with E-state index in [4.69, 9.17) is 4.18 Å². The van der Waals surface area contributed by atoms with Crippen molar-refractivity contribution in [3.63, 3.8) is 0 Å². The first-order valence-corrected chi connectivity index (χ1v) is 9.15. The predicted octanol–water partition coefficient (Wildman–Crippen LogP) is 2.39. The van der Waals surface area contributed by atoms with Crippen LogP contribution >= 0.6 is 0 Å². The van der Waals surface area contributed by atoms with E-state index in [1.54, 1.807) is 36.4 Å². The molecule has 1 unspecified atom stereocenters. The molecule has 0 saturated heterocycles. The molecule has 1 heterocycles. The van der Waals surface area contributed by atoms with Gasteiger partial charge < -0.3 is 0 Å². The number of imide groups is 1. The van der Waals surface area contributed by atoms with Crippen LogP contribution in [-0.4, -0.2) is 37.8 Å². The molecule has 1 aliphatic rings. The van der Waals surface area contributed by atoms with Gasteiger partial charge in [-0.1, -0.05) is 29.8 Å². The molecule has 1 atom stereocenters.